The molecule has 6 heteroatoms. The van der Waals surface area contributed by atoms with Crippen LogP contribution in [0.1, 0.15) is 25.8 Å². The van der Waals surface area contributed by atoms with Crippen molar-refractivity contribution in [1.29, 1.82) is 0 Å². The summed E-state index contributed by atoms with van der Waals surface area (Å²) in [7, 11) is 0. The second-order valence-corrected chi connectivity index (χ2v) is 5.62. The number of hydrogen-bond donors (Lipinski definition) is 1. The molecule has 4 nitrogen and oxygen atoms in total. The van der Waals surface area contributed by atoms with Gasteiger partial charge in [-0.05, 0) is 47.6 Å². The van der Waals surface area contributed by atoms with E-state index in [-0.39, 0.29) is 6.04 Å². The third-order valence-corrected chi connectivity index (χ3v) is 3.66. The summed E-state index contributed by atoms with van der Waals surface area (Å²) in [4.78, 5) is 0. The van der Waals surface area contributed by atoms with Gasteiger partial charge in [0, 0.05) is 8.95 Å². The monoisotopic (exact) mass is 373 g/mol. The number of hydrogen-bond acceptors (Lipinski definition) is 4. The number of benzene rings is 1. The van der Waals surface area contributed by atoms with E-state index in [1.54, 1.807) is 0 Å². The highest BCUT2D eigenvalue weighted by atomic mass is 79.9. The van der Waals surface area contributed by atoms with Crippen molar-refractivity contribution in [3.05, 3.63) is 33.0 Å². The lowest BCUT2D eigenvalue weighted by atomic mass is 10.2. The number of aromatic nitrogens is 2. The van der Waals surface area contributed by atoms with Crippen LogP contribution in [0.5, 0.6) is 0 Å². The first-order valence-corrected chi connectivity index (χ1v) is 7.22. The van der Waals surface area contributed by atoms with Gasteiger partial charge in [0.2, 0.25) is 11.8 Å². The second-order valence-electron chi connectivity index (χ2n) is 3.85. The number of nitrogens with one attached hydrogen (secondary N) is 1. The fraction of sp³-hybridized carbons (Fsp3) is 0.333. The predicted octanol–water partition coefficient (Wildman–Crippen LogP) is 3.93. The molecule has 0 aliphatic heterocycles. The van der Waals surface area contributed by atoms with Gasteiger partial charge in [0.05, 0.1) is 11.6 Å². The van der Waals surface area contributed by atoms with Crippen molar-refractivity contribution in [1.82, 2.24) is 15.5 Å². The molecule has 1 aromatic heterocycles. The van der Waals surface area contributed by atoms with Crippen LogP contribution < -0.4 is 5.32 Å². The molecule has 0 aliphatic rings. The SMILES string of the molecule is CCNC(C)c1nnc(-c2cc(Br)ccc2Br)o1. The lowest BCUT2D eigenvalue weighted by Crippen LogP contribution is -2.17. The summed E-state index contributed by atoms with van der Waals surface area (Å²) < 4.78 is 7.58. The van der Waals surface area contributed by atoms with Crippen LogP contribution >= 0.6 is 31.9 Å². The summed E-state index contributed by atoms with van der Waals surface area (Å²) in [6.07, 6.45) is 0. The molecule has 0 amide bonds. The Labute approximate surface area is 122 Å². The standard InChI is InChI=1S/C12H13Br2N3O/c1-3-15-7(2)11-16-17-12(18-11)9-6-8(13)4-5-10(9)14/h4-7,15H,3H2,1-2H3. The van der Waals surface area contributed by atoms with Crippen molar-refractivity contribution in [3.63, 3.8) is 0 Å². The first-order chi connectivity index (χ1) is 8.61. The third kappa shape index (κ3) is 2.99. The smallest absolute Gasteiger partial charge is 0.249 e. The van der Waals surface area contributed by atoms with Crippen molar-refractivity contribution < 1.29 is 4.42 Å². The molecule has 0 radical (unpaired) electrons. The van der Waals surface area contributed by atoms with Gasteiger partial charge < -0.3 is 9.73 Å². The molecule has 0 bridgehead atoms. The Balaban J connectivity index is 2.32. The Morgan fingerprint density at radius 2 is 2.11 bits per heavy atom. The van der Waals surface area contributed by atoms with Crippen molar-refractivity contribution in [2.75, 3.05) is 6.54 Å². The summed E-state index contributed by atoms with van der Waals surface area (Å²) >= 11 is 6.91. The molecule has 1 unspecified atom stereocenters. The van der Waals surface area contributed by atoms with Crippen LogP contribution in [0.25, 0.3) is 11.5 Å². The van der Waals surface area contributed by atoms with Crippen molar-refractivity contribution >= 4 is 31.9 Å². The summed E-state index contributed by atoms with van der Waals surface area (Å²) in [5.74, 6) is 1.11. The van der Waals surface area contributed by atoms with Crippen molar-refractivity contribution in [3.8, 4) is 11.5 Å². The highest BCUT2D eigenvalue weighted by Crippen LogP contribution is 2.30. The highest BCUT2D eigenvalue weighted by molar-refractivity contribution is 9.11. The third-order valence-electron chi connectivity index (χ3n) is 2.48. The maximum absolute atomic E-state index is 5.68. The molecule has 18 heavy (non-hydrogen) atoms. The number of rotatable bonds is 4. The zero-order chi connectivity index (χ0) is 13.1. The highest BCUT2D eigenvalue weighted by Gasteiger charge is 2.15. The van der Waals surface area contributed by atoms with E-state index in [0.717, 1.165) is 21.1 Å². The Morgan fingerprint density at radius 3 is 2.83 bits per heavy atom. The van der Waals surface area contributed by atoms with Crippen LogP contribution in [0.3, 0.4) is 0 Å². The van der Waals surface area contributed by atoms with Crippen LogP contribution in [-0.4, -0.2) is 16.7 Å². The molecule has 1 atom stereocenters. The van der Waals surface area contributed by atoms with Gasteiger partial charge in [-0.2, -0.15) is 0 Å². The van der Waals surface area contributed by atoms with Gasteiger partial charge >= 0.3 is 0 Å². The largest absolute Gasteiger partial charge is 0.419 e. The normalized spacial score (nSPS) is 12.7. The van der Waals surface area contributed by atoms with Gasteiger partial charge in [0.15, 0.2) is 0 Å². The maximum atomic E-state index is 5.68. The Kier molecular flexibility index (Phi) is 4.53. The van der Waals surface area contributed by atoms with E-state index in [1.165, 1.54) is 0 Å². The van der Waals surface area contributed by atoms with Gasteiger partial charge in [-0.15, -0.1) is 10.2 Å². The summed E-state index contributed by atoms with van der Waals surface area (Å²) in [6.45, 7) is 4.90. The molecule has 96 valence electrons. The van der Waals surface area contributed by atoms with Crippen LogP contribution in [0.4, 0.5) is 0 Å². The Morgan fingerprint density at radius 1 is 1.33 bits per heavy atom. The van der Waals surface area contributed by atoms with Crippen LogP contribution in [0.15, 0.2) is 31.6 Å². The molecule has 0 saturated carbocycles. The molecule has 0 saturated heterocycles. The van der Waals surface area contributed by atoms with Crippen LogP contribution in [-0.2, 0) is 0 Å². The first-order valence-electron chi connectivity index (χ1n) is 5.64. The summed E-state index contributed by atoms with van der Waals surface area (Å²) in [6, 6.07) is 5.89. The Hall–Kier alpha value is -0.720. The minimum absolute atomic E-state index is 0.0576. The molecule has 0 aliphatic carbocycles. The molecular formula is C12H13Br2N3O. The zero-order valence-corrected chi connectivity index (χ0v) is 13.2. The van der Waals surface area contributed by atoms with Crippen LogP contribution in [0.2, 0.25) is 0 Å². The fourth-order valence-electron chi connectivity index (χ4n) is 1.57. The second kappa shape index (κ2) is 5.95. The van der Waals surface area contributed by atoms with Crippen LogP contribution in [0, 0.1) is 0 Å². The van der Waals surface area contributed by atoms with Gasteiger partial charge in [0.1, 0.15) is 0 Å². The molecule has 1 heterocycles. The minimum atomic E-state index is 0.0576. The fourth-order valence-corrected chi connectivity index (χ4v) is 2.35. The number of nitrogens with zero attached hydrogens (tertiary/aromatic N) is 2. The van der Waals surface area contributed by atoms with Gasteiger partial charge in [-0.3, -0.25) is 0 Å². The summed E-state index contributed by atoms with van der Waals surface area (Å²) in [5.41, 5.74) is 0.881. The van der Waals surface area contributed by atoms with Crippen molar-refractivity contribution in [2.24, 2.45) is 0 Å². The van der Waals surface area contributed by atoms with E-state index in [4.69, 9.17) is 4.42 Å². The van der Waals surface area contributed by atoms with Gasteiger partial charge in [0.25, 0.3) is 0 Å². The summed E-state index contributed by atoms with van der Waals surface area (Å²) in [5, 5.41) is 11.4. The van der Waals surface area contributed by atoms with Gasteiger partial charge in [-0.25, -0.2) is 0 Å². The van der Waals surface area contributed by atoms with E-state index < -0.39 is 0 Å². The average molecular weight is 375 g/mol. The maximum Gasteiger partial charge on any atom is 0.249 e. The van der Waals surface area contributed by atoms with E-state index >= 15 is 0 Å². The molecule has 0 spiro atoms. The molecule has 1 N–H and O–H groups in total. The molecule has 1 aromatic carbocycles. The minimum Gasteiger partial charge on any atom is -0.419 e. The first kappa shape index (κ1) is 13.7. The quantitative estimate of drug-likeness (QED) is 0.880. The molecular weight excluding hydrogens is 362 g/mol. The Bertz CT molecular complexity index is 542. The molecule has 2 aromatic rings. The topological polar surface area (TPSA) is 51.0 Å². The van der Waals surface area contributed by atoms with E-state index in [1.807, 2.05) is 32.0 Å². The van der Waals surface area contributed by atoms with Gasteiger partial charge in [-0.1, -0.05) is 22.9 Å². The van der Waals surface area contributed by atoms with E-state index in [2.05, 4.69) is 47.4 Å². The molecule has 0 fully saturated rings. The van der Waals surface area contributed by atoms with E-state index in [9.17, 15) is 0 Å². The average Bonchev–Trinajstić information content (AvgIpc) is 2.82. The van der Waals surface area contributed by atoms with E-state index in [0.29, 0.717) is 11.8 Å². The van der Waals surface area contributed by atoms with Crippen molar-refractivity contribution in [2.45, 2.75) is 19.9 Å². The predicted molar refractivity (Wildman–Crippen MR) is 77.2 cm³/mol. The number of halogens is 2. The molecule has 2 rings (SSSR count). The lowest BCUT2D eigenvalue weighted by Gasteiger charge is -2.06. The zero-order valence-electron chi connectivity index (χ0n) is 10.1. The lowest BCUT2D eigenvalue weighted by molar-refractivity contribution is 0.429.